The Labute approximate surface area is 193 Å². The summed E-state index contributed by atoms with van der Waals surface area (Å²) in [5.74, 6) is 0.850. The summed E-state index contributed by atoms with van der Waals surface area (Å²) in [6.45, 7) is 2.97. The van der Waals surface area contributed by atoms with Gasteiger partial charge in [-0.3, -0.25) is 9.69 Å². The Bertz CT molecular complexity index is 970. The molecule has 1 fully saturated rings. The van der Waals surface area contributed by atoms with Gasteiger partial charge in [0, 0.05) is 21.6 Å². The predicted octanol–water partition coefficient (Wildman–Crippen LogP) is 6.16. The molecule has 31 heavy (non-hydrogen) atoms. The van der Waals surface area contributed by atoms with E-state index in [2.05, 4.69) is 51.2 Å². The van der Waals surface area contributed by atoms with Gasteiger partial charge < -0.3 is 4.74 Å². The van der Waals surface area contributed by atoms with Crippen LogP contribution >= 0.6 is 15.9 Å². The van der Waals surface area contributed by atoms with Crippen molar-refractivity contribution in [3.05, 3.63) is 100 Å². The largest absolute Gasteiger partial charge is 0.492 e. The molecule has 3 nitrogen and oxygen atoms in total. The van der Waals surface area contributed by atoms with E-state index in [9.17, 15) is 4.79 Å². The van der Waals surface area contributed by atoms with Crippen LogP contribution in [0.2, 0.25) is 0 Å². The smallest absolute Gasteiger partial charge is 0.193 e. The van der Waals surface area contributed by atoms with Crippen LogP contribution in [0.5, 0.6) is 5.75 Å². The normalized spacial score (nSPS) is 16.4. The lowest BCUT2D eigenvalue weighted by Gasteiger charge is -2.24. The molecular weight excluding hydrogens is 450 g/mol. The SMILES string of the molecule is O=C(c1ccc(Br)cc1)c1ccc(OCC2CCCN2CCCc2ccccc2)cc1. The Morgan fingerprint density at radius 3 is 2.32 bits per heavy atom. The number of carbonyl (C=O) groups is 1. The monoisotopic (exact) mass is 477 g/mol. The maximum atomic E-state index is 12.6. The van der Waals surface area contributed by atoms with Crippen molar-refractivity contribution < 1.29 is 9.53 Å². The lowest BCUT2D eigenvalue weighted by molar-refractivity contribution is 0.103. The lowest BCUT2D eigenvalue weighted by atomic mass is 10.0. The molecule has 0 radical (unpaired) electrons. The summed E-state index contributed by atoms with van der Waals surface area (Å²) in [6.07, 6.45) is 4.72. The van der Waals surface area contributed by atoms with Crippen molar-refractivity contribution in [3.8, 4) is 5.75 Å². The third kappa shape index (κ3) is 6.05. The number of aryl methyl sites for hydroxylation is 1. The van der Waals surface area contributed by atoms with E-state index in [1.807, 2.05) is 48.5 Å². The second-order valence-electron chi connectivity index (χ2n) is 8.09. The van der Waals surface area contributed by atoms with Gasteiger partial charge in [-0.05, 0) is 92.9 Å². The van der Waals surface area contributed by atoms with Gasteiger partial charge in [-0.25, -0.2) is 0 Å². The summed E-state index contributed by atoms with van der Waals surface area (Å²) in [4.78, 5) is 15.2. The number of hydrogen-bond acceptors (Lipinski definition) is 3. The molecule has 1 aliphatic rings. The van der Waals surface area contributed by atoms with Gasteiger partial charge in [0.2, 0.25) is 0 Å². The second kappa shape index (κ2) is 10.7. The molecule has 0 spiro atoms. The molecule has 0 N–H and O–H groups in total. The van der Waals surface area contributed by atoms with E-state index < -0.39 is 0 Å². The summed E-state index contributed by atoms with van der Waals surface area (Å²) in [5.41, 5.74) is 2.78. The Morgan fingerprint density at radius 2 is 1.61 bits per heavy atom. The number of rotatable bonds is 9. The van der Waals surface area contributed by atoms with Crippen LogP contribution in [-0.4, -0.2) is 36.4 Å². The maximum Gasteiger partial charge on any atom is 0.193 e. The van der Waals surface area contributed by atoms with Gasteiger partial charge in [-0.2, -0.15) is 0 Å². The van der Waals surface area contributed by atoms with Crippen LogP contribution in [-0.2, 0) is 6.42 Å². The van der Waals surface area contributed by atoms with Crippen molar-refractivity contribution in [2.24, 2.45) is 0 Å². The Balaban J connectivity index is 1.26. The van der Waals surface area contributed by atoms with Crippen molar-refractivity contribution in [3.63, 3.8) is 0 Å². The molecular formula is C27H28BrNO2. The van der Waals surface area contributed by atoms with Gasteiger partial charge in [-0.15, -0.1) is 0 Å². The number of hydrogen-bond donors (Lipinski definition) is 0. The van der Waals surface area contributed by atoms with E-state index in [1.54, 1.807) is 0 Å². The summed E-state index contributed by atoms with van der Waals surface area (Å²) in [6, 6.07) is 26.1. The summed E-state index contributed by atoms with van der Waals surface area (Å²) < 4.78 is 7.05. The number of nitrogens with zero attached hydrogens (tertiary/aromatic N) is 1. The van der Waals surface area contributed by atoms with Gasteiger partial charge in [0.25, 0.3) is 0 Å². The van der Waals surface area contributed by atoms with Crippen molar-refractivity contribution in [1.29, 1.82) is 0 Å². The number of benzene rings is 3. The Hall–Kier alpha value is -2.43. The molecule has 1 heterocycles. The average Bonchev–Trinajstić information content (AvgIpc) is 3.26. The predicted molar refractivity (Wildman–Crippen MR) is 129 cm³/mol. The lowest BCUT2D eigenvalue weighted by Crippen LogP contribution is -2.35. The standard InChI is InChI=1S/C27H28BrNO2/c28-24-14-10-22(11-15-24)27(30)23-12-16-26(17-13-23)31-20-25-9-5-19-29(25)18-4-8-21-6-2-1-3-7-21/h1-3,6-7,10-17,25H,4-5,8-9,18-20H2. The first-order valence-corrected chi connectivity index (χ1v) is 11.8. The Morgan fingerprint density at radius 1 is 0.935 bits per heavy atom. The van der Waals surface area contributed by atoms with E-state index in [0.717, 1.165) is 29.7 Å². The minimum Gasteiger partial charge on any atom is -0.492 e. The van der Waals surface area contributed by atoms with E-state index in [0.29, 0.717) is 23.8 Å². The van der Waals surface area contributed by atoms with Crippen molar-refractivity contribution in [1.82, 2.24) is 4.90 Å². The molecule has 160 valence electrons. The summed E-state index contributed by atoms with van der Waals surface area (Å²) in [7, 11) is 0. The fourth-order valence-electron chi connectivity index (χ4n) is 4.17. The van der Waals surface area contributed by atoms with Crippen LogP contribution in [0.25, 0.3) is 0 Å². The highest BCUT2D eigenvalue weighted by Crippen LogP contribution is 2.21. The highest BCUT2D eigenvalue weighted by atomic mass is 79.9. The van der Waals surface area contributed by atoms with E-state index in [1.165, 1.54) is 24.8 Å². The van der Waals surface area contributed by atoms with Gasteiger partial charge in [0.05, 0.1) is 0 Å². The van der Waals surface area contributed by atoms with Crippen molar-refractivity contribution in [2.75, 3.05) is 19.7 Å². The second-order valence-corrected chi connectivity index (χ2v) is 9.01. The van der Waals surface area contributed by atoms with E-state index in [-0.39, 0.29) is 5.78 Å². The number of carbonyl (C=O) groups excluding carboxylic acids is 1. The van der Waals surface area contributed by atoms with Crippen LogP contribution in [0.3, 0.4) is 0 Å². The van der Waals surface area contributed by atoms with Crippen LogP contribution in [0.15, 0.2) is 83.3 Å². The molecule has 1 saturated heterocycles. The first-order valence-electron chi connectivity index (χ1n) is 11.0. The average molecular weight is 478 g/mol. The fourth-order valence-corrected chi connectivity index (χ4v) is 4.44. The van der Waals surface area contributed by atoms with Crippen LogP contribution in [0.4, 0.5) is 0 Å². The van der Waals surface area contributed by atoms with Gasteiger partial charge in [0.1, 0.15) is 12.4 Å². The van der Waals surface area contributed by atoms with Crippen LogP contribution in [0, 0.1) is 0 Å². The minimum absolute atomic E-state index is 0.0273. The molecule has 3 aromatic carbocycles. The Kier molecular flexibility index (Phi) is 7.55. The molecule has 1 aliphatic heterocycles. The molecule has 1 atom stereocenters. The van der Waals surface area contributed by atoms with Crippen molar-refractivity contribution >= 4 is 21.7 Å². The molecule has 0 aliphatic carbocycles. The first-order chi connectivity index (χ1) is 15.2. The number of ketones is 1. The van der Waals surface area contributed by atoms with Crippen molar-refractivity contribution in [2.45, 2.75) is 31.7 Å². The first kappa shape index (κ1) is 21.8. The molecule has 1 unspecified atom stereocenters. The quantitative estimate of drug-likeness (QED) is 0.345. The maximum absolute atomic E-state index is 12.6. The topological polar surface area (TPSA) is 29.5 Å². The van der Waals surface area contributed by atoms with Crippen LogP contribution < -0.4 is 4.74 Å². The molecule has 4 rings (SSSR count). The highest BCUT2D eigenvalue weighted by molar-refractivity contribution is 9.10. The number of ether oxygens (including phenoxy) is 1. The zero-order valence-electron chi connectivity index (χ0n) is 17.7. The summed E-state index contributed by atoms with van der Waals surface area (Å²) in [5, 5.41) is 0. The molecule has 0 aromatic heterocycles. The van der Waals surface area contributed by atoms with Gasteiger partial charge >= 0.3 is 0 Å². The summed E-state index contributed by atoms with van der Waals surface area (Å²) >= 11 is 3.40. The minimum atomic E-state index is 0.0273. The molecule has 0 saturated carbocycles. The van der Waals surface area contributed by atoms with E-state index >= 15 is 0 Å². The number of likely N-dealkylation sites (tertiary alicyclic amines) is 1. The molecule has 3 aromatic rings. The fraction of sp³-hybridized carbons (Fsp3) is 0.296. The van der Waals surface area contributed by atoms with Gasteiger partial charge in [-0.1, -0.05) is 46.3 Å². The zero-order valence-corrected chi connectivity index (χ0v) is 19.3. The zero-order chi connectivity index (χ0) is 21.5. The van der Waals surface area contributed by atoms with Gasteiger partial charge in [0.15, 0.2) is 5.78 Å². The molecule has 0 amide bonds. The third-order valence-corrected chi connectivity index (χ3v) is 6.45. The third-order valence-electron chi connectivity index (χ3n) is 5.92. The number of halogens is 1. The molecule has 0 bridgehead atoms. The highest BCUT2D eigenvalue weighted by Gasteiger charge is 2.24. The molecule has 4 heteroatoms. The van der Waals surface area contributed by atoms with E-state index in [4.69, 9.17) is 4.74 Å². The van der Waals surface area contributed by atoms with Crippen LogP contribution in [0.1, 0.15) is 40.7 Å².